The van der Waals surface area contributed by atoms with Crippen LogP contribution in [0, 0.1) is 18.3 Å². The molecule has 0 aliphatic carbocycles. The van der Waals surface area contributed by atoms with E-state index in [0.29, 0.717) is 12.8 Å². The minimum Gasteiger partial charge on any atom is -0.346 e. The molecule has 0 radical (unpaired) electrons. The Labute approximate surface area is 109 Å². The van der Waals surface area contributed by atoms with Gasteiger partial charge in [0, 0.05) is 28.6 Å². The lowest BCUT2D eigenvalue weighted by Gasteiger charge is -1.98. The van der Waals surface area contributed by atoms with E-state index < -0.39 is 0 Å². The zero-order valence-electron chi connectivity index (χ0n) is 9.50. The number of imidazole rings is 1. The molecule has 0 spiro atoms. The third kappa shape index (κ3) is 2.75. The summed E-state index contributed by atoms with van der Waals surface area (Å²) >= 11 is 3.45. The van der Waals surface area contributed by atoms with E-state index in [-0.39, 0.29) is 0 Å². The third-order valence-corrected chi connectivity index (χ3v) is 3.00. The predicted molar refractivity (Wildman–Crippen MR) is 70.4 cm³/mol. The van der Waals surface area contributed by atoms with Gasteiger partial charge in [0.2, 0.25) is 0 Å². The number of nitrogens with zero attached hydrogens (tertiary/aromatic N) is 2. The molecule has 0 fully saturated rings. The fourth-order valence-corrected chi connectivity index (χ4v) is 2.13. The summed E-state index contributed by atoms with van der Waals surface area (Å²) in [7, 11) is 0. The molecule has 1 heterocycles. The lowest BCUT2D eigenvalue weighted by Crippen LogP contribution is -1.86. The smallest absolute Gasteiger partial charge is 0.108 e. The molecule has 1 aromatic carbocycles. The average molecular weight is 290 g/mol. The van der Waals surface area contributed by atoms with Crippen LogP contribution in [0.3, 0.4) is 0 Å². The first-order valence-corrected chi connectivity index (χ1v) is 6.18. The van der Waals surface area contributed by atoms with Crippen molar-refractivity contribution in [1.82, 2.24) is 9.97 Å². The number of H-pyrrole nitrogens is 1. The van der Waals surface area contributed by atoms with Crippen LogP contribution >= 0.6 is 15.9 Å². The Kier molecular flexibility index (Phi) is 3.60. The molecule has 0 saturated heterocycles. The molecule has 1 N–H and O–H groups in total. The Morgan fingerprint density at radius 1 is 1.47 bits per heavy atom. The lowest BCUT2D eigenvalue weighted by atomic mass is 10.1. The number of benzene rings is 1. The van der Waals surface area contributed by atoms with E-state index >= 15 is 0 Å². The summed E-state index contributed by atoms with van der Waals surface area (Å²) in [6.45, 7) is 2.00. The SMILES string of the molecule is Cc1[nH]c(CCC#N)nc1-c1cccc(Br)c1. The summed E-state index contributed by atoms with van der Waals surface area (Å²) in [6.07, 6.45) is 1.16. The molecule has 17 heavy (non-hydrogen) atoms. The van der Waals surface area contributed by atoms with Gasteiger partial charge in [-0.05, 0) is 19.1 Å². The van der Waals surface area contributed by atoms with Crippen molar-refractivity contribution in [3.63, 3.8) is 0 Å². The second kappa shape index (κ2) is 5.15. The van der Waals surface area contributed by atoms with Crippen LogP contribution in [0.25, 0.3) is 11.3 Å². The summed E-state index contributed by atoms with van der Waals surface area (Å²) in [5.41, 5.74) is 3.08. The molecule has 1 aromatic heterocycles. The molecule has 0 bridgehead atoms. The van der Waals surface area contributed by atoms with E-state index in [4.69, 9.17) is 5.26 Å². The van der Waals surface area contributed by atoms with Gasteiger partial charge in [-0.1, -0.05) is 28.1 Å². The van der Waals surface area contributed by atoms with Gasteiger partial charge in [0.25, 0.3) is 0 Å². The van der Waals surface area contributed by atoms with Crippen LogP contribution in [0.4, 0.5) is 0 Å². The number of nitrogens with one attached hydrogen (secondary N) is 1. The van der Waals surface area contributed by atoms with Crippen LogP contribution in [0.15, 0.2) is 28.7 Å². The zero-order chi connectivity index (χ0) is 12.3. The quantitative estimate of drug-likeness (QED) is 0.938. The third-order valence-electron chi connectivity index (χ3n) is 2.51. The second-order valence-electron chi connectivity index (χ2n) is 3.83. The average Bonchev–Trinajstić information content (AvgIpc) is 2.68. The molecule has 3 nitrogen and oxygen atoms in total. The highest BCUT2D eigenvalue weighted by Crippen LogP contribution is 2.24. The lowest BCUT2D eigenvalue weighted by molar-refractivity contribution is 0.913. The summed E-state index contributed by atoms with van der Waals surface area (Å²) in [5, 5.41) is 8.56. The number of aryl methyl sites for hydroxylation is 2. The van der Waals surface area contributed by atoms with Crippen LogP contribution in [0.2, 0.25) is 0 Å². The van der Waals surface area contributed by atoms with Crippen molar-refractivity contribution in [3.05, 3.63) is 40.3 Å². The van der Waals surface area contributed by atoms with E-state index in [0.717, 1.165) is 27.2 Å². The van der Waals surface area contributed by atoms with Gasteiger partial charge in [-0.3, -0.25) is 0 Å². The van der Waals surface area contributed by atoms with Gasteiger partial charge in [0.15, 0.2) is 0 Å². The first-order chi connectivity index (χ1) is 8.20. The highest BCUT2D eigenvalue weighted by Gasteiger charge is 2.08. The number of hydrogen-bond donors (Lipinski definition) is 1. The van der Waals surface area contributed by atoms with E-state index in [1.54, 1.807) is 0 Å². The van der Waals surface area contributed by atoms with E-state index in [1.807, 2.05) is 31.2 Å². The Bertz CT molecular complexity index is 566. The van der Waals surface area contributed by atoms with Gasteiger partial charge in [-0.15, -0.1) is 0 Å². The molecule has 4 heteroatoms. The van der Waals surface area contributed by atoms with Gasteiger partial charge in [0.05, 0.1) is 11.8 Å². The Morgan fingerprint density at radius 3 is 3.00 bits per heavy atom. The normalized spacial score (nSPS) is 10.2. The van der Waals surface area contributed by atoms with Gasteiger partial charge in [0.1, 0.15) is 5.82 Å². The first-order valence-electron chi connectivity index (χ1n) is 5.39. The molecular weight excluding hydrogens is 278 g/mol. The van der Waals surface area contributed by atoms with Crippen LogP contribution in [-0.4, -0.2) is 9.97 Å². The summed E-state index contributed by atoms with van der Waals surface area (Å²) in [4.78, 5) is 7.75. The molecule has 0 aliphatic heterocycles. The highest BCUT2D eigenvalue weighted by molar-refractivity contribution is 9.10. The summed E-state index contributed by atoms with van der Waals surface area (Å²) < 4.78 is 1.04. The van der Waals surface area contributed by atoms with Crippen LogP contribution in [-0.2, 0) is 6.42 Å². The molecule has 0 unspecified atom stereocenters. The maximum atomic E-state index is 8.56. The standard InChI is InChI=1S/C13H12BrN3/c1-9-13(10-4-2-5-11(14)8-10)17-12(16-9)6-3-7-15/h2,4-5,8H,3,6H2,1H3,(H,16,17). The van der Waals surface area contributed by atoms with E-state index in [9.17, 15) is 0 Å². The Morgan fingerprint density at radius 2 is 2.29 bits per heavy atom. The van der Waals surface area contributed by atoms with Gasteiger partial charge < -0.3 is 4.98 Å². The first kappa shape index (κ1) is 11.9. The maximum Gasteiger partial charge on any atom is 0.108 e. The highest BCUT2D eigenvalue weighted by atomic mass is 79.9. The van der Waals surface area contributed by atoms with Crippen molar-refractivity contribution >= 4 is 15.9 Å². The number of aromatic nitrogens is 2. The molecule has 0 saturated carbocycles. The number of rotatable bonds is 3. The van der Waals surface area contributed by atoms with Crippen molar-refractivity contribution in [3.8, 4) is 17.3 Å². The van der Waals surface area contributed by atoms with Crippen LogP contribution < -0.4 is 0 Å². The Balaban J connectivity index is 2.33. The molecule has 86 valence electrons. The fourth-order valence-electron chi connectivity index (χ4n) is 1.73. The minimum atomic E-state index is 0.491. The molecule has 0 amide bonds. The molecular formula is C13H12BrN3. The number of halogens is 1. The largest absolute Gasteiger partial charge is 0.346 e. The monoisotopic (exact) mass is 289 g/mol. The van der Waals surface area contributed by atoms with Crippen molar-refractivity contribution in [2.24, 2.45) is 0 Å². The zero-order valence-corrected chi connectivity index (χ0v) is 11.1. The van der Waals surface area contributed by atoms with Gasteiger partial charge in [-0.2, -0.15) is 5.26 Å². The van der Waals surface area contributed by atoms with E-state index in [2.05, 4.69) is 32.0 Å². The van der Waals surface area contributed by atoms with Gasteiger partial charge >= 0.3 is 0 Å². The molecule has 0 aliphatic rings. The molecule has 2 aromatic rings. The van der Waals surface area contributed by atoms with Crippen molar-refractivity contribution in [2.75, 3.05) is 0 Å². The second-order valence-corrected chi connectivity index (χ2v) is 4.74. The number of hydrogen-bond acceptors (Lipinski definition) is 2. The summed E-state index contributed by atoms with van der Waals surface area (Å²) in [6, 6.07) is 10.2. The van der Waals surface area contributed by atoms with E-state index in [1.165, 1.54) is 0 Å². The summed E-state index contributed by atoms with van der Waals surface area (Å²) in [5.74, 6) is 0.874. The predicted octanol–water partition coefficient (Wildman–Crippen LogP) is 3.60. The van der Waals surface area contributed by atoms with Gasteiger partial charge in [-0.25, -0.2) is 4.98 Å². The van der Waals surface area contributed by atoms with Crippen molar-refractivity contribution in [1.29, 1.82) is 5.26 Å². The molecule has 2 rings (SSSR count). The number of aromatic amines is 1. The minimum absolute atomic E-state index is 0.491. The molecule has 0 atom stereocenters. The number of nitriles is 1. The topological polar surface area (TPSA) is 52.5 Å². The van der Waals surface area contributed by atoms with Crippen LogP contribution in [0.1, 0.15) is 17.9 Å². The van der Waals surface area contributed by atoms with Crippen LogP contribution in [0.5, 0.6) is 0 Å². The van der Waals surface area contributed by atoms with Crippen molar-refractivity contribution < 1.29 is 0 Å². The fraction of sp³-hybridized carbons (Fsp3) is 0.231. The Hall–Kier alpha value is -1.60. The maximum absolute atomic E-state index is 8.56. The van der Waals surface area contributed by atoms with Crippen molar-refractivity contribution in [2.45, 2.75) is 19.8 Å².